The van der Waals surface area contributed by atoms with Crippen LogP contribution in [0.4, 0.5) is 10.7 Å². The molecule has 1 amide bonds. The van der Waals surface area contributed by atoms with Gasteiger partial charge < -0.3 is 19.7 Å². The normalized spacial score (nSPS) is 15.5. The van der Waals surface area contributed by atoms with Gasteiger partial charge in [0.2, 0.25) is 11.8 Å². The summed E-state index contributed by atoms with van der Waals surface area (Å²) in [6.45, 7) is 12.5. The SMILES string of the molecule is CCCS(=O)(=O)Cc1c(C)ccc2c(Oc3ncccc3-c3ccnc(N[C@H]4CCCN(C(=O)OC(C)(C)C)C4)n3)c(C)ccc12. The first-order valence-electron chi connectivity index (χ1n) is 15.8. The topological polar surface area (TPSA) is 124 Å². The summed E-state index contributed by atoms with van der Waals surface area (Å²) in [5.41, 5.74) is 3.36. The number of nitrogens with zero attached hydrogens (tertiary/aromatic N) is 4. The predicted octanol–water partition coefficient (Wildman–Crippen LogP) is 7.24. The first kappa shape index (κ1) is 33.1. The van der Waals surface area contributed by atoms with Crippen molar-refractivity contribution in [3.8, 4) is 22.9 Å². The Bertz CT molecular complexity index is 1840. The van der Waals surface area contributed by atoms with Crippen LogP contribution in [0.2, 0.25) is 0 Å². The van der Waals surface area contributed by atoms with Gasteiger partial charge in [-0.05, 0) is 94.2 Å². The summed E-state index contributed by atoms with van der Waals surface area (Å²) in [5.74, 6) is 1.56. The summed E-state index contributed by atoms with van der Waals surface area (Å²) in [6, 6.07) is 13.3. The Kier molecular flexibility index (Phi) is 9.81. The second kappa shape index (κ2) is 13.6. The van der Waals surface area contributed by atoms with Gasteiger partial charge in [0, 0.05) is 36.9 Å². The zero-order valence-electron chi connectivity index (χ0n) is 27.5. The summed E-state index contributed by atoms with van der Waals surface area (Å²) in [7, 11) is -3.25. The van der Waals surface area contributed by atoms with Crippen LogP contribution in [-0.2, 0) is 20.3 Å². The number of pyridine rings is 1. The Hall–Kier alpha value is -4.25. The highest BCUT2D eigenvalue weighted by Crippen LogP contribution is 2.38. The lowest BCUT2D eigenvalue weighted by molar-refractivity contribution is 0.0206. The molecular weight excluding hydrogens is 602 g/mol. The minimum atomic E-state index is -3.25. The third-order valence-electron chi connectivity index (χ3n) is 7.88. The molecule has 0 aliphatic carbocycles. The average Bonchev–Trinajstić information content (AvgIpc) is 2.99. The Morgan fingerprint density at radius 2 is 1.78 bits per heavy atom. The molecular formula is C35H43N5O5S. The number of aromatic nitrogens is 3. The monoisotopic (exact) mass is 645 g/mol. The predicted molar refractivity (Wildman–Crippen MR) is 181 cm³/mol. The van der Waals surface area contributed by atoms with Crippen molar-refractivity contribution in [1.82, 2.24) is 19.9 Å². The molecule has 244 valence electrons. The highest BCUT2D eigenvalue weighted by molar-refractivity contribution is 7.90. The van der Waals surface area contributed by atoms with Gasteiger partial charge in [-0.25, -0.2) is 28.2 Å². The van der Waals surface area contributed by atoms with Gasteiger partial charge in [-0.2, -0.15) is 0 Å². The number of rotatable bonds is 9. The summed E-state index contributed by atoms with van der Waals surface area (Å²) in [4.78, 5) is 28.2. The first-order valence-corrected chi connectivity index (χ1v) is 17.6. The van der Waals surface area contributed by atoms with Crippen LogP contribution in [0.15, 0.2) is 54.9 Å². The Balaban J connectivity index is 1.41. The van der Waals surface area contributed by atoms with E-state index in [4.69, 9.17) is 14.5 Å². The van der Waals surface area contributed by atoms with Crippen molar-refractivity contribution in [2.75, 3.05) is 24.2 Å². The lowest BCUT2D eigenvalue weighted by Crippen LogP contribution is -2.47. The number of nitrogens with one attached hydrogen (secondary N) is 1. The molecule has 0 bridgehead atoms. The zero-order chi connectivity index (χ0) is 33.1. The molecule has 0 unspecified atom stereocenters. The van der Waals surface area contributed by atoms with Gasteiger partial charge in [0.1, 0.15) is 11.4 Å². The molecule has 2 aromatic carbocycles. The fraction of sp³-hybridized carbons (Fsp3) is 0.429. The molecule has 0 saturated carbocycles. The van der Waals surface area contributed by atoms with Crippen LogP contribution in [0, 0.1) is 13.8 Å². The van der Waals surface area contributed by atoms with E-state index >= 15 is 0 Å². The molecule has 11 heteroatoms. The van der Waals surface area contributed by atoms with Gasteiger partial charge >= 0.3 is 6.09 Å². The maximum atomic E-state index is 12.8. The number of amides is 1. The van der Waals surface area contributed by atoms with E-state index in [-0.39, 0.29) is 23.6 Å². The van der Waals surface area contributed by atoms with Crippen LogP contribution < -0.4 is 10.1 Å². The van der Waals surface area contributed by atoms with Crippen molar-refractivity contribution in [2.45, 2.75) is 78.2 Å². The molecule has 5 rings (SSSR count). The van der Waals surface area contributed by atoms with Gasteiger partial charge in [-0.3, -0.25) is 0 Å². The second-order valence-electron chi connectivity index (χ2n) is 12.9. The lowest BCUT2D eigenvalue weighted by Gasteiger charge is -2.34. The highest BCUT2D eigenvalue weighted by Gasteiger charge is 2.28. The van der Waals surface area contributed by atoms with Gasteiger partial charge in [-0.1, -0.05) is 31.2 Å². The van der Waals surface area contributed by atoms with Crippen molar-refractivity contribution in [3.05, 3.63) is 71.5 Å². The minimum Gasteiger partial charge on any atom is -0.444 e. The molecule has 0 spiro atoms. The van der Waals surface area contributed by atoms with Crippen LogP contribution in [0.25, 0.3) is 22.0 Å². The molecule has 10 nitrogen and oxygen atoms in total. The summed E-state index contributed by atoms with van der Waals surface area (Å²) in [6.07, 6.45) is 5.32. The van der Waals surface area contributed by atoms with Gasteiger partial charge in [0.25, 0.3) is 0 Å². The number of carbonyl (C=O) groups is 1. The maximum Gasteiger partial charge on any atom is 0.410 e. The van der Waals surface area contributed by atoms with Gasteiger partial charge in [-0.15, -0.1) is 0 Å². The van der Waals surface area contributed by atoms with Crippen molar-refractivity contribution in [1.29, 1.82) is 0 Å². The molecule has 0 radical (unpaired) electrons. The zero-order valence-corrected chi connectivity index (χ0v) is 28.3. The Morgan fingerprint density at radius 1 is 1.02 bits per heavy atom. The Labute approximate surface area is 271 Å². The van der Waals surface area contributed by atoms with Crippen molar-refractivity contribution in [3.63, 3.8) is 0 Å². The highest BCUT2D eigenvalue weighted by atomic mass is 32.2. The molecule has 1 atom stereocenters. The molecule has 3 heterocycles. The number of likely N-dealkylation sites (tertiary alicyclic amines) is 1. The number of anilines is 1. The standard InChI is InChI=1S/C35H43N5O5S/c1-7-20-46(42,43)22-29-23(2)12-15-27-26(29)14-13-24(3)31(27)44-32-28(11-8-17-36-32)30-16-18-37-33(39-30)38-25-10-9-19-40(21-25)34(41)45-35(4,5)6/h8,11-18,25H,7,9-10,19-22H2,1-6H3,(H,37,38,39)/t25-/m0/s1. The number of fused-ring (bicyclic) bond motifs is 1. The van der Waals surface area contributed by atoms with Crippen molar-refractivity contribution >= 4 is 32.7 Å². The van der Waals surface area contributed by atoms with E-state index < -0.39 is 15.4 Å². The van der Waals surface area contributed by atoms with Gasteiger partial charge in [0.05, 0.1) is 22.8 Å². The largest absolute Gasteiger partial charge is 0.444 e. The first-order chi connectivity index (χ1) is 21.8. The number of ether oxygens (including phenoxy) is 2. The third kappa shape index (κ3) is 7.93. The number of carbonyl (C=O) groups excluding carboxylic acids is 1. The van der Waals surface area contributed by atoms with Gasteiger partial charge in [0.15, 0.2) is 9.84 Å². The number of piperidine rings is 1. The molecule has 1 fully saturated rings. The van der Waals surface area contributed by atoms with Crippen LogP contribution in [0.3, 0.4) is 0 Å². The molecule has 1 N–H and O–H groups in total. The number of aryl methyl sites for hydroxylation is 2. The molecule has 1 saturated heterocycles. The molecule has 46 heavy (non-hydrogen) atoms. The molecule has 1 aliphatic heterocycles. The lowest BCUT2D eigenvalue weighted by atomic mass is 9.98. The fourth-order valence-corrected chi connectivity index (χ4v) is 7.29. The molecule has 2 aromatic heterocycles. The van der Waals surface area contributed by atoms with E-state index in [1.54, 1.807) is 23.4 Å². The van der Waals surface area contributed by atoms with Crippen LogP contribution in [-0.4, -0.2) is 64.8 Å². The number of sulfone groups is 1. The summed E-state index contributed by atoms with van der Waals surface area (Å²) < 4.78 is 37.7. The van der Waals surface area contributed by atoms with E-state index in [1.807, 2.05) is 77.9 Å². The van der Waals surface area contributed by atoms with Crippen LogP contribution in [0.5, 0.6) is 11.6 Å². The average molecular weight is 646 g/mol. The van der Waals surface area contributed by atoms with E-state index in [0.717, 1.165) is 40.3 Å². The van der Waals surface area contributed by atoms with E-state index in [2.05, 4.69) is 15.3 Å². The quantitative estimate of drug-likeness (QED) is 0.201. The minimum absolute atomic E-state index is 0.0193. The second-order valence-corrected chi connectivity index (χ2v) is 15.1. The fourth-order valence-electron chi connectivity index (χ4n) is 5.70. The summed E-state index contributed by atoms with van der Waals surface area (Å²) in [5, 5.41) is 5.06. The third-order valence-corrected chi connectivity index (χ3v) is 9.64. The Morgan fingerprint density at radius 3 is 2.54 bits per heavy atom. The summed E-state index contributed by atoms with van der Waals surface area (Å²) >= 11 is 0. The van der Waals surface area contributed by atoms with Crippen molar-refractivity contribution < 1.29 is 22.7 Å². The molecule has 4 aromatic rings. The smallest absolute Gasteiger partial charge is 0.410 e. The van der Waals surface area contributed by atoms with E-state index in [9.17, 15) is 13.2 Å². The number of hydrogen-bond donors (Lipinski definition) is 1. The number of benzene rings is 2. The molecule has 1 aliphatic rings. The van der Waals surface area contributed by atoms with E-state index in [0.29, 0.717) is 48.3 Å². The van der Waals surface area contributed by atoms with Crippen LogP contribution in [0.1, 0.15) is 63.6 Å². The van der Waals surface area contributed by atoms with Crippen LogP contribution >= 0.6 is 0 Å². The maximum absolute atomic E-state index is 12.8. The number of hydrogen-bond acceptors (Lipinski definition) is 9. The van der Waals surface area contributed by atoms with E-state index in [1.165, 1.54) is 0 Å². The van der Waals surface area contributed by atoms with Crippen molar-refractivity contribution in [2.24, 2.45) is 0 Å².